The lowest BCUT2D eigenvalue weighted by Crippen LogP contribution is -2.43. The third-order valence-corrected chi connectivity index (χ3v) is 3.30. The molecule has 2 N–H and O–H groups in total. The average molecular weight is 354 g/mol. The zero-order valence-electron chi connectivity index (χ0n) is 14.8. The van der Waals surface area contributed by atoms with E-state index in [4.69, 9.17) is 9.47 Å². The summed E-state index contributed by atoms with van der Waals surface area (Å²) in [7, 11) is 0. The van der Waals surface area contributed by atoms with E-state index in [1.54, 1.807) is 24.3 Å². The Morgan fingerprint density at radius 3 is 2.42 bits per heavy atom. The van der Waals surface area contributed by atoms with Gasteiger partial charge in [-0.15, -0.1) is 0 Å². The second kappa shape index (κ2) is 9.88. The minimum Gasteiger partial charge on any atom is -0.490 e. The molecule has 2 aromatic carbocycles. The number of carbonyl (C=O) groups is 2. The Balaban J connectivity index is 1.77. The van der Waals surface area contributed by atoms with Gasteiger partial charge in [0.15, 0.2) is 18.1 Å². The summed E-state index contributed by atoms with van der Waals surface area (Å²) in [6, 6.07) is 14.8. The first kappa shape index (κ1) is 19.1. The zero-order chi connectivity index (χ0) is 18.8. The maximum atomic E-state index is 11.8. The summed E-state index contributed by atoms with van der Waals surface area (Å²) in [4.78, 5) is 23.5. The quantitative estimate of drug-likeness (QED) is 0.592. The normalized spacial score (nSPS) is 10.4. The van der Waals surface area contributed by atoms with Crippen molar-refractivity contribution in [3.8, 4) is 11.5 Å². The van der Waals surface area contributed by atoms with Crippen LogP contribution < -0.4 is 20.3 Å². The average Bonchev–Trinajstić information content (AvgIpc) is 2.64. The fourth-order valence-electron chi connectivity index (χ4n) is 2.14. The van der Waals surface area contributed by atoms with E-state index in [1.807, 2.05) is 44.2 Å². The van der Waals surface area contributed by atoms with Gasteiger partial charge < -0.3 is 9.47 Å². The van der Waals surface area contributed by atoms with Crippen molar-refractivity contribution in [2.45, 2.75) is 13.8 Å². The van der Waals surface area contributed by atoms with Gasteiger partial charge in [-0.3, -0.25) is 20.4 Å². The van der Waals surface area contributed by atoms with Crippen LogP contribution in [0.1, 0.15) is 18.1 Å². The maximum Gasteiger partial charge on any atom is 0.276 e. The van der Waals surface area contributed by atoms with Gasteiger partial charge in [-0.05, 0) is 37.6 Å². The molecule has 2 rings (SSSR count). The second-order valence-corrected chi connectivity index (χ2v) is 5.45. The smallest absolute Gasteiger partial charge is 0.276 e. The SMILES string of the molecule is CCOc1ccccc1OCC(=O)NNC(=O)/C=C/c1cccc(C)c1. The molecule has 2 amide bonds. The Hall–Kier alpha value is -3.28. The Kier molecular flexibility index (Phi) is 7.24. The van der Waals surface area contributed by atoms with Gasteiger partial charge in [-0.1, -0.05) is 42.0 Å². The maximum absolute atomic E-state index is 11.8. The van der Waals surface area contributed by atoms with Crippen molar-refractivity contribution < 1.29 is 19.1 Å². The highest BCUT2D eigenvalue weighted by atomic mass is 16.5. The van der Waals surface area contributed by atoms with Gasteiger partial charge in [0.25, 0.3) is 11.8 Å². The third kappa shape index (κ3) is 6.32. The van der Waals surface area contributed by atoms with Crippen LogP contribution in [0.3, 0.4) is 0 Å². The van der Waals surface area contributed by atoms with Gasteiger partial charge in [0.05, 0.1) is 6.61 Å². The fourth-order valence-corrected chi connectivity index (χ4v) is 2.14. The first-order chi connectivity index (χ1) is 12.6. The van der Waals surface area contributed by atoms with Crippen molar-refractivity contribution in [1.29, 1.82) is 0 Å². The number of rotatable bonds is 7. The standard InChI is InChI=1S/C20H22N2O4/c1-3-25-17-9-4-5-10-18(17)26-14-20(24)22-21-19(23)12-11-16-8-6-7-15(2)13-16/h4-13H,3,14H2,1-2H3,(H,21,23)(H,22,24)/b12-11+. The Bertz CT molecular complexity index is 787. The Morgan fingerprint density at radius 1 is 1.00 bits per heavy atom. The molecule has 0 fully saturated rings. The summed E-state index contributed by atoms with van der Waals surface area (Å²) in [5.74, 6) is 0.117. The van der Waals surface area contributed by atoms with E-state index in [0.717, 1.165) is 11.1 Å². The lowest BCUT2D eigenvalue weighted by atomic mass is 10.1. The van der Waals surface area contributed by atoms with Gasteiger partial charge in [0.1, 0.15) is 0 Å². The van der Waals surface area contributed by atoms with E-state index in [2.05, 4.69) is 10.9 Å². The van der Waals surface area contributed by atoms with E-state index in [1.165, 1.54) is 6.08 Å². The number of hydrogen-bond acceptors (Lipinski definition) is 4. The fraction of sp³-hybridized carbons (Fsp3) is 0.200. The predicted octanol–water partition coefficient (Wildman–Crippen LogP) is 2.63. The minimum absolute atomic E-state index is 0.244. The first-order valence-corrected chi connectivity index (χ1v) is 8.26. The predicted molar refractivity (Wildman–Crippen MR) is 99.6 cm³/mol. The molecule has 0 saturated heterocycles. The topological polar surface area (TPSA) is 76.7 Å². The van der Waals surface area contributed by atoms with Gasteiger partial charge >= 0.3 is 0 Å². The van der Waals surface area contributed by atoms with Crippen LogP contribution >= 0.6 is 0 Å². The summed E-state index contributed by atoms with van der Waals surface area (Å²) < 4.78 is 10.8. The lowest BCUT2D eigenvalue weighted by molar-refractivity contribution is -0.128. The summed E-state index contributed by atoms with van der Waals surface area (Å²) in [6.07, 6.45) is 3.02. The van der Waals surface area contributed by atoms with Gasteiger partial charge in [-0.25, -0.2) is 0 Å². The summed E-state index contributed by atoms with van der Waals surface area (Å²) >= 11 is 0. The summed E-state index contributed by atoms with van der Waals surface area (Å²) in [5.41, 5.74) is 6.61. The van der Waals surface area contributed by atoms with Gasteiger partial charge in [0, 0.05) is 6.08 Å². The van der Waals surface area contributed by atoms with Crippen LogP contribution in [0.5, 0.6) is 11.5 Å². The highest BCUT2D eigenvalue weighted by Crippen LogP contribution is 2.26. The third-order valence-electron chi connectivity index (χ3n) is 3.30. The largest absolute Gasteiger partial charge is 0.490 e. The van der Waals surface area contributed by atoms with Crippen molar-refractivity contribution in [3.63, 3.8) is 0 Å². The number of amides is 2. The number of nitrogens with one attached hydrogen (secondary N) is 2. The molecule has 0 heterocycles. The molecule has 6 nitrogen and oxygen atoms in total. The van der Waals surface area contributed by atoms with Crippen LogP contribution in [0.25, 0.3) is 6.08 Å². The van der Waals surface area contributed by atoms with E-state index in [0.29, 0.717) is 18.1 Å². The van der Waals surface area contributed by atoms with Crippen LogP contribution in [0.15, 0.2) is 54.6 Å². The number of para-hydroxylation sites is 2. The molecule has 0 saturated carbocycles. The van der Waals surface area contributed by atoms with Crippen molar-refractivity contribution in [3.05, 3.63) is 65.7 Å². The molecule has 0 bridgehead atoms. The highest BCUT2D eigenvalue weighted by Gasteiger charge is 2.07. The molecule has 6 heteroatoms. The van der Waals surface area contributed by atoms with Crippen molar-refractivity contribution in [2.75, 3.05) is 13.2 Å². The molecular formula is C20H22N2O4. The number of aryl methyl sites for hydroxylation is 1. The Morgan fingerprint density at radius 2 is 1.73 bits per heavy atom. The molecule has 0 radical (unpaired) electrons. The van der Waals surface area contributed by atoms with Crippen molar-refractivity contribution in [1.82, 2.24) is 10.9 Å². The van der Waals surface area contributed by atoms with Crippen LogP contribution in [0.2, 0.25) is 0 Å². The molecule has 0 aliphatic heterocycles. The molecule has 0 aliphatic carbocycles. The van der Waals surface area contributed by atoms with E-state index >= 15 is 0 Å². The summed E-state index contributed by atoms with van der Waals surface area (Å²) in [5, 5.41) is 0. The molecule has 136 valence electrons. The molecular weight excluding hydrogens is 332 g/mol. The van der Waals surface area contributed by atoms with Crippen LogP contribution in [-0.4, -0.2) is 25.0 Å². The molecule has 0 atom stereocenters. The van der Waals surface area contributed by atoms with Crippen molar-refractivity contribution >= 4 is 17.9 Å². The molecule has 0 aliphatic rings. The number of hydrazine groups is 1. The molecule has 0 spiro atoms. The molecule has 26 heavy (non-hydrogen) atoms. The van der Waals surface area contributed by atoms with Gasteiger partial charge in [-0.2, -0.15) is 0 Å². The molecule has 2 aromatic rings. The van der Waals surface area contributed by atoms with Crippen LogP contribution in [0, 0.1) is 6.92 Å². The minimum atomic E-state index is -0.478. The van der Waals surface area contributed by atoms with Crippen molar-refractivity contribution in [2.24, 2.45) is 0 Å². The van der Waals surface area contributed by atoms with Crippen LogP contribution in [0.4, 0.5) is 0 Å². The van der Waals surface area contributed by atoms with Gasteiger partial charge in [0.2, 0.25) is 0 Å². The van der Waals surface area contributed by atoms with E-state index in [9.17, 15) is 9.59 Å². The molecule has 0 unspecified atom stereocenters. The van der Waals surface area contributed by atoms with E-state index < -0.39 is 11.8 Å². The number of benzene rings is 2. The second-order valence-electron chi connectivity index (χ2n) is 5.45. The number of ether oxygens (including phenoxy) is 2. The first-order valence-electron chi connectivity index (χ1n) is 8.26. The Labute approximate surface area is 152 Å². The van der Waals surface area contributed by atoms with Crippen LogP contribution in [-0.2, 0) is 9.59 Å². The number of carbonyl (C=O) groups excluding carboxylic acids is 2. The highest BCUT2D eigenvalue weighted by molar-refractivity contribution is 5.93. The summed E-state index contributed by atoms with van der Waals surface area (Å²) in [6.45, 7) is 4.09. The monoisotopic (exact) mass is 354 g/mol. The number of hydrogen-bond donors (Lipinski definition) is 2. The molecule has 0 aromatic heterocycles. The zero-order valence-corrected chi connectivity index (χ0v) is 14.8. The lowest BCUT2D eigenvalue weighted by Gasteiger charge is -2.11. The van der Waals surface area contributed by atoms with E-state index in [-0.39, 0.29) is 6.61 Å².